The third-order valence-corrected chi connectivity index (χ3v) is 3.26. The molecule has 0 aromatic heterocycles. The maximum absolute atomic E-state index is 12.4. The lowest BCUT2D eigenvalue weighted by molar-refractivity contribution is -0.384. The van der Waals surface area contributed by atoms with Crippen LogP contribution in [-0.2, 0) is 0 Å². The van der Waals surface area contributed by atoms with Crippen molar-refractivity contribution >= 4 is 23.0 Å². The van der Waals surface area contributed by atoms with Gasteiger partial charge in [0.2, 0.25) is 11.2 Å². The van der Waals surface area contributed by atoms with E-state index in [1.807, 2.05) is 0 Å². The summed E-state index contributed by atoms with van der Waals surface area (Å²) in [5.41, 5.74) is 0.607. The molecular formula is C16H13N4O4+. The highest BCUT2D eigenvalue weighted by molar-refractivity contribution is 6.07. The van der Waals surface area contributed by atoms with Gasteiger partial charge in [0.25, 0.3) is 11.6 Å². The fraction of sp³-hybridized carbons (Fsp3) is 0.0625. The Morgan fingerprint density at radius 3 is 2.29 bits per heavy atom. The zero-order valence-electron chi connectivity index (χ0n) is 12.6. The summed E-state index contributed by atoms with van der Waals surface area (Å²) in [6, 6.07) is 11.6. The van der Waals surface area contributed by atoms with Crippen molar-refractivity contribution in [2.75, 3.05) is 5.32 Å². The van der Waals surface area contributed by atoms with Crippen molar-refractivity contribution in [1.82, 2.24) is 0 Å². The Labute approximate surface area is 136 Å². The number of non-ortho nitro benzene ring substituents is 1. The first kappa shape index (κ1) is 16.6. The van der Waals surface area contributed by atoms with E-state index in [1.165, 1.54) is 43.3 Å². The van der Waals surface area contributed by atoms with Crippen LogP contribution in [0.25, 0.3) is 10.7 Å². The lowest BCUT2D eigenvalue weighted by Gasteiger charge is -2.08. The zero-order chi connectivity index (χ0) is 17.7. The molecule has 0 unspecified atom stereocenters. The van der Waals surface area contributed by atoms with Gasteiger partial charge in [0, 0.05) is 30.3 Å². The van der Waals surface area contributed by atoms with Gasteiger partial charge in [-0.2, -0.15) is 0 Å². The second-order valence-corrected chi connectivity index (χ2v) is 4.84. The Bertz CT molecular complexity index is 866. The highest BCUT2D eigenvalue weighted by Gasteiger charge is 2.20. The van der Waals surface area contributed by atoms with Crippen LogP contribution < -0.4 is 5.32 Å². The number of nitrogens with one attached hydrogen (secondary N) is 1. The first-order valence-corrected chi connectivity index (χ1v) is 6.84. The average Bonchev–Trinajstić information content (AvgIpc) is 2.60. The molecular weight excluding hydrogens is 312 g/mol. The van der Waals surface area contributed by atoms with Gasteiger partial charge in [-0.1, -0.05) is 18.2 Å². The van der Waals surface area contributed by atoms with Crippen LogP contribution in [0, 0.1) is 15.5 Å². The molecule has 24 heavy (non-hydrogen) atoms. The van der Waals surface area contributed by atoms with Crippen molar-refractivity contribution in [2.45, 2.75) is 6.92 Å². The van der Waals surface area contributed by atoms with Crippen LogP contribution >= 0.6 is 0 Å². The number of diazo groups is 1. The van der Waals surface area contributed by atoms with Gasteiger partial charge >= 0.3 is 5.70 Å². The molecule has 1 amide bonds. The van der Waals surface area contributed by atoms with E-state index in [9.17, 15) is 20.0 Å². The number of aliphatic hydroxyl groups excluding tert-OH is 1. The number of hydrogen-bond acceptors (Lipinski definition) is 5. The van der Waals surface area contributed by atoms with Crippen LogP contribution in [-0.4, -0.2) is 15.9 Å². The number of aliphatic hydroxyl groups is 1. The largest absolute Gasteiger partial charge is 0.501 e. The Kier molecular flexibility index (Phi) is 4.87. The number of nitrogens with zero attached hydrogens (tertiary/aromatic N) is 3. The maximum Gasteiger partial charge on any atom is 0.400 e. The lowest BCUT2D eigenvalue weighted by Crippen LogP contribution is -2.14. The number of carbonyl (C=O) groups is 1. The van der Waals surface area contributed by atoms with Crippen LogP contribution in [0.2, 0.25) is 0 Å². The Morgan fingerprint density at radius 1 is 1.17 bits per heavy atom. The molecule has 8 nitrogen and oxygen atoms in total. The number of rotatable bonds is 4. The summed E-state index contributed by atoms with van der Waals surface area (Å²) in [4.78, 5) is 25.4. The van der Waals surface area contributed by atoms with Crippen molar-refractivity contribution in [3.63, 3.8) is 0 Å². The molecule has 0 atom stereocenters. The molecule has 0 aliphatic heterocycles. The van der Waals surface area contributed by atoms with E-state index in [2.05, 4.69) is 10.3 Å². The lowest BCUT2D eigenvalue weighted by atomic mass is 10.0. The molecule has 0 heterocycles. The summed E-state index contributed by atoms with van der Waals surface area (Å²) < 4.78 is 0. The molecule has 8 heteroatoms. The normalized spacial score (nSPS) is 11.2. The molecule has 120 valence electrons. The van der Waals surface area contributed by atoms with Crippen molar-refractivity contribution in [3.05, 3.63) is 80.4 Å². The van der Waals surface area contributed by atoms with E-state index in [0.717, 1.165) is 0 Å². The summed E-state index contributed by atoms with van der Waals surface area (Å²) in [5.74, 6) is -0.844. The van der Waals surface area contributed by atoms with Crippen LogP contribution in [0.15, 0.2) is 54.2 Å². The van der Waals surface area contributed by atoms with Crippen LogP contribution in [0.3, 0.4) is 0 Å². The molecule has 0 saturated heterocycles. The quantitative estimate of drug-likeness (QED) is 0.381. The van der Waals surface area contributed by atoms with Crippen LogP contribution in [0.1, 0.15) is 22.8 Å². The Hall–Kier alpha value is -3.73. The molecule has 2 N–H and O–H groups in total. The number of hydrogen-bond donors (Lipinski definition) is 2. The van der Waals surface area contributed by atoms with Gasteiger partial charge in [0.05, 0.1) is 10.5 Å². The molecule has 0 spiro atoms. The zero-order valence-corrected chi connectivity index (χ0v) is 12.6. The first-order valence-electron chi connectivity index (χ1n) is 6.84. The number of anilines is 1. The summed E-state index contributed by atoms with van der Waals surface area (Å²) in [6.07, 6.45) is 0. The van der Waals surface area contributed by atoms with Crippen molar-refractivity contribution in [2.24, 2.45) is 0 Å². The summed E-state index contributed by atoms with van der Waals surface area (Å²) in [7, 11) is 0. The Morgan fingerprint density at radius 2 is 1.75 bits per heavy atom. The average molecular weight is 325 g/mol. The molecule has 0 aliphatic carbocycles. The van der Waals surface area contributed by atoms with E-state index in [4.69, 9.17) is 5.39 Å². The van der Waals surface area contributed by atoms with Gasteiger partial charge < -0.3 is 10.4 Å². The number of benzene rings is 2. The standard InChI is InChI=1S/C16H12N4O4/c1-10(19-17)15(21)13-4-2-3-5-14(13)16(22)18-11-6-8-12(9-7-11)20(23)24/h2-9H,1H3,(H-,18,21,22)/p+1/b15-10-. The van der Waals surface area contributed by atoms with E-state index in [0.29, 0.717) is 5.69 Å². The topological polar surface area (TPSA) is 121 Å². The number of nitro benzene ring substituents is 1. The van der Waals surface area contributed by atoms with Crippen molar-refractivity contribution < 1.29 is 14.8 Å². The summed E-state index contributed by atoms with van der Waals surface area (Å²) >= 11 is 0. The smallest absolute Gasteiger partial charge is 0.400 e. The predicted molar refractivity (Wildman–Crippen MR) is 87.8 cm³/mol. The summed E-state index contributed by atoms with van der Waals surface area (Å²) in [5, 5.41) is 32.0. The molecule has 2 aromatic rings. The highest BCUT2D eigenvalue weighted by Crippen LogP contribution is 2.22. The monoisotopic (exact) mass is 325 g/mol. The van der Waals surface area contributed by atoms with E-state index in [1.54, 1.807) is 12.1 Å². The minimum Gasteiger partial charge on any atom is -0.501 e. The second-order valence-electron chi connectivity index (χ2n) is 4.84. The van der Waals surface area contributed by atoms with Crippen molar-refractivity contribution in [1.29, 1.82) is 5.39 Å². The molecule has 0 fully saturated rings. The molecule has 0 bridgehead atoms. The molecule has 0 saturated carbocycles. The predicted octanol–water partition coefficient (Wildman–Crippen LogP) is 3.95. The van der Waals surface area contributed by atoms with E-state index >= 15 is 0 Å². The van der Waals surface area contributed by atoms with Gasteiger partial charge in [0.15, 0.2) is 4.98 Å². The minimum atomic E-state index is -0.537. The number of nitro groups is 1. The van der Waals surface area contributed by atoms with Crippen LogP contribution in [0.5, 0.6) is 0 Å². The Balaban J connectivity index is 2.31. The van der Waals surface area contributed by atoms with Gasteiger partial charge in [-0.3, -0.25) is 14.9 Å². The van der Waals surface area contributed by atoms with Gasteiger partial charge in [0.1, 0.15) is 0 Å². The fourth-order valence-electron chi connectivity index (χ4n) is 1.99. The third-order valence-electron chi connectivity index (χ3n) is 3.26. The maximum atomic E-state index is 12.4. The van der Waals surface area contributed by atoms with E-state index in [-0.39, 0.29) is 28.3 Å². The van der Waals surface area contributed by atoms with Crippen molar-refractivity contribution in [3.8, 4) is 0 Å². The first-order chi connectivity index (χ1) is 11.4. The molecule has 0 aliphatic rings. The van der Waals surface area contributed by atoms with Gasteiger partial charge in [-0.25, -0.2) is 0 Å². The fourth-order valence-corrected chi connectivity index (χ4v) is 1.99. The number of allylic oxidation sites excluding steroid dienone is 1. The van der Waals surface area contributed by atoms with Gasteiger partial charge in [-0.15, -0.1) is 0 Å². The second kappa shape index (κ2) is 7.02. The van der Waals surface area contributed by atoms with Crippen LogP contribution in [0.4, 0.5) is 11.4 Å². The SMILES string of the molecule is C/C([N+]#N)=C(/O)c1ccccc1C(=O)Nc1ccc([N+](=O)[O-])cc1. The minimum absolute atomic E-state index is 0.0365. The summed E-state index contributed by atoms with van der Waals surface area (Å²) in [6.45, 7) is 1.39. The molecule has 0 radical (unpaired) electrons. The van der Waals surface area contributed by atoms with E-state index < -0.39 is 10.8 Å². The highest BCUT2D eigenvalue weighted by atomic mass is 16.6. The number of carbonyl (C=O) groups excluding carboxylic acids is 1. The van der Waals surface area contributed by atoms with Gasteiger partial charge in [-0.05, 0) is 18.2 Å². The molecule has 2 aromatic carbocycles. The molecule has 2 rings (SSSR count). The number of amides is 1. The third kappa shape index (κ3) is 3.53.